The molecule has 1 aliphatic carbocycles. The molecule has 1 aliphatic rings. The average molecular weight is 582 g/mol. The molecule has 0 heterocycles. The van der Waals surface area contributed by atoms with E-state index < -0.39 is 7.92 Å². The van der Waals surface area contributed by atoms with Gasteiger partial charge in [-0.2, -0.15) is 0 Å². The zero-order chi connectivity index (χ0) is 25.5. The Balaban J connectivity index is 0.000000892. The van der Waals surface area contributed by atoms with Gasteiger partial charge in [-0.15, -0.1) is 0 Å². The number of hydrogen-bond acceptors (Lipinski definition) is 2. The molecule has 0 N–H and O–H groups in total. The Morgan fingerprint density at radius 3 is 1.59 bits per heavy atom. The van der Waals surface area contributed by atoms with Crippen molar-refractivity contribution in [3.63, 3.8) is 0 Å². The van der Waals surface area contributed by atoms with E-state index in [4.69, 9.17) is 30.2 Å². The zero-order valence-corrected chi connectivity index (χ0v) is 23.5. The molecule has 2 nitrogen and oxygen atoms in total. The van der Waals surface area contributed by atoms with Crippen molar-refractivity contribution in [1.82, 2.24) is 0 Å². The van der Waals surface area contributed by atoms with Gasteiger partial charge in [0.2, 0.25) is 0 Å². The zero-order valence-electron chi connectivity index (χ0n) is 19.8. The Morgan fingerprint density at radius 2 is 1.05 bits per heavy atom. The van der Waals surface area contributed by atoms with Gasteiger partial charge in [-0.3, -0.25) is 0 Å². The number of halogens is 2. The standard InChI is InChI=1S/C31H23N2P.2ClH.Fe/c1-4-14-24(15-5-1)33-31-28-21-11-13-23-12-10-20-27(29(23)28)30(31)32-22-34(25-16-6-2-7-17-25)26-18-8-3-9-19-26;;;/h1-21H,22H2;2*1H;/q;;;+2/p-1/b32-30+,33-31?;;;. The van der Waals surface area contributed by atoms with E-state index in [0.717, 1.165) is 23.4 Å². The molecule has 0 aliphatic heterocycles. The van der Waals surface area contributed by atoms with Crippen molar-refractivity contribution < 1.29 is 13.1 Å². The Kier molecular flexibility index (Phi) is 8.84. The average Bonchev–Trinajstić information content (AvgIpc) is 3.25. The maximum absolute atomic E-state index is 5.32. The van der Waals surface area contributed by atoms with Crippen molar-refractivity contribution in [2.75, 3.05) is 6.29 Å². The van der Waals surface area contributed by atoms with Gasteiger partial charge in [-0.25, -0.2) is 9.98 Å². The predicted octanol–water partition coefficient (Wildman–Crippen LogP) is 7.96. The van der Waals surface area contributed by atoms with Crippen molar-refractivity contribution in [2.24, 2.45) is 9.98 Å². The monoisotopic (exact) mass is 581 g/mol. The maximum Gasteiger partial charge on any atom is 0.156 e. The first kappa shape index (κ1) is 25.9. The summed E-state index contributed by atoms with van der Waals surface area (Å²) >= 11 is 0.194. The second-order valence-corrected chi connectivity index (χ2v) is 12.7. The molecule has 6 rings (SSSR count). The fourth-order valence-electron chi connectivity index (χ4n) is 4.68. The van der Waals surface area contributed by atoms with E-state index >= 15 is 0 Å². The van der Waals surface area contributed by atoms with E-state index in [0.29, 0.717) is 0 Å². The Bertz CT molecular complexity index is 1500. The minimum absolute atomic E-state index is 0.194. The number of hydrogen-bond donors (Lipinski definition) is 0. The third kappa shape index (κ3) is 5.88. The van der Waals surface area contributed by atoms with Gasteiger partial charge in [0.15, 0.2) is 6.29 Å². The van der Waals surface area contributed by atoms with Crippen LogP contribution in [0.5, 0.6) is 0 Å². The Morgan fingerprint density at radius 1 is 0.568 bits per heavy atom. The molecule has 37 heavy (non-hydrogen) atoms. The molecule has 0 saturated heterocycles. The fraction of sp³-hybridized carbons (Fsp3) is 0.0323. The van der Waals surface area contributed by atoms with Gasteiger partial charge in [-0.1, -0.05) is 91.0 Å². The molecule has 0 saturated carbocycles. The van der Waals surface area contributed by atoms with Crippen LogP contribution < -0.4 is 10.6 Å². The van der Waals surface area contributed by atoms with Crippen molar-refractivity contribution in [3.05, 3.63) is 139 Å². The summed E-state index contributed by atoms with van der Waals surface area (Å²) in [6.07, 6.45) is 0.756. The summed E-state index contributed by atoms with van der Waals surface area (Å²) in [5.41, 5.74) is 5.28. The summed E-state index contributed by atoms with van der Waals surface area (Å²) in [6, 6.07) is 44.8. The van der Waals surface area contributed by atoms with Crippen LogP contribution in [-0.2, 0) is 13.1 Å². The Labute approximate surface area is 233 Å². The molecule has 0 unspecified atom stereocenters. The van der Waals surface area contributed by atoms with Gasteiger partial charge in [0, 0.05) is 16.5 Å². The van der Waals surface area contributed by atoms with Crippen LogP contribution >= 0.6 is 28.1 Å². The normalized spacial score (nSPS) is 14.4. The molecule has 184 valence electrons. The number of aliphatic imine (C=N–C) groups is 2. The third-order valence-electron chi connectivity index (χ3n) is 6.28. The van der Waals surface area contributed by atoms with Gasteiger partial charge >= 0.3 is 33.3 Å². The minimum atomic E-state index is -1.08. The van der Waals surface area contributed by atoms with Crippen LogP contribution in [0.25, 0.3) is 10.8 Å². The molecular weight excluding hydrogens is 558 g/mol. The van der Waals surface area contributed by atoms with E-state index in [1.807, 2.05) is 18.2 Å². The summed E-state index contributed by atoms with van der Waals surface area (Å²) in [5, 5.41) is 5.24. The molecule has 0 aromatic heterocycles. The number of para-hydroxylation sites is 1. The quantitative estimate of drug-likeness (QED) is 0.149. The second kappa shape index (κ2) is 12.7. The minimum Gasteiger partial charge on any atom is -0.246 e. The molecule has 0 bridgehead atoms. The fourth-order valence-corrected chi connectivity index (χ4v) is 6.89. The Hall–Kier alpha value is -2.77. The molecular formula is C31H24Cl2FeN2P+. The van der Waals surface area contributed by atoms with Gasteiger partial charge in [0.25, 0.3) is 0 Å². The summed E-state index contributed by atoms with van der Waals surface area (Å²) in [6.45, 7) is 0. The third-order valence-corrected chi connectivity index (χ3v) is 8.81. The van der Waals surface area contributed by atoms with Crippen molar-refractivity contribution in [2.45, 2.75) is 0 Å². The summed E-state index contributed by atoms with van der Waals surface area (Å²) < 4.78 is 0. The molecule has 0 radical (unpaired) electrons. The van der Waals surface area contributed by atoms with E-state index in [2.05, 4.69) is 109 Å². The van der Waals surface area contributed by atoms with Crippen LogP contribution in [0.1, 0.15) is 11.1 Å². The maximum atomic E-state index is 5.32. The van der Waals surface area contributed by atoms with E-state index in [1.165, 1.54) is 32.5 Å². The first-order valence-electron chi connectivity index (χ1n) is 11.8. The second-order valence-electron chi connectivity index (χ2n) is 8.43. The predicted molar refractivity (Wildman–Crippen MR) is 160 cm³/mol. The first-order chi connectivity index (χ1) is 18.3. The van der Waals surface area contributed by atoms with Gasteiger partial charge in [0.05, 0.1) is 35.6 Å². The van der Waals surface area contributed by atoms with Gasteiger partial charge in [0.1, 0.15) is 0 Å². The smallest absolute Gasteiger partial charge is 0.156 e. The van der Waals surface area contributed by atoms with Crippen molar-refractivity contribution in [1.29, 1.82) is 0 Å². The van der Waals surface area contributed by atoms with Gasteiger partial charge in [-0.05, 0) is 41.8 Å². The van der Waals surface area contributed by atoms with Crippen LogP contribution in [0.15, 0.2) is 137 Å². The van der Waals surface area contributed by atoms with Crippen LogP contribution in [0.3, 0.4) is 0 Å². The number of rotatable bonds is 5. The molecule has 6 heteroatoms. The van der Waals surface area contributed by atoms with Crippen molar-refractivity contribution >= 4 is 66.6 Å². The molecule has 5 aromatic rings. The van der Waals surface area contributed by atoms with Crippen LogP contribution in [0, 0.1) is 0 Å². The molecule has 0 spiro atoms. The van der Waals surface area contributed by atoms with Crippen LogP contribution in [0.2, 0.25) is 0 Å². The van der Waals surface area contributed by atoms with Crippen LogP contribution in [-0.4, -0.2) is 17.7 Å². The number of nitrogens with zero attached hydrogens (tertiary/aromatic N) is 2. The topological polar surface area (TPSA) is 24.7 Å². The largest absolute Gasteiger partial charge is 0.246 e. The molecule has 0 atom stereocenters. The molecule has 0 fully saturated rings. The van der Waals surface area contributed by atoms with E-state index in [9.17, 15) is 0 Å². The summed E-state index contributed by atoms with van der Waals surface area (Å²) in [4.78, 5) is 10.4. The summed E-state index contributed by atoms with van der Waals surface area (Å²) in [5.74, 6) is 0. The van der Waals surface area contributed by atoms with Crippen LogP contribution in [0.4, 0.5) is 5.69 Å². The summed E-state index contributed by atoms with van der Waals surface area (Å²) in [7, 11) is 8.45. The molecule has 0 amide bonds. The van der Waals surface area contributed by atoms with Gasteiger partial charge < -0.3 is 0 Å². The first-order valence-corrected chi connectivity index (χ1v) is 16.6. The SMILES string of the molecule is [Cl][Fe][Cl].c1ccc(N=C2/C(=N/C[PH+](c3ccccc3)c3ccccc3)c3cccc4cccc2c34)cc1. The van der Waals surface area contributed by atoms with E-state index in [-0.39, 0.29) is 13.1 Å². The van der Waals surface area contributed by atoms with E-state index in [1.54, 1.807) is 0 Å². The molecule has 5 aromatic carbocycles. The number of benzene rings is 5. The van der Waals surface area contributed by atoms with Crippen molar-refractivity contribution in [3.8, 4) is 0 Å².